The van der Waals surface area contributed by atoms with Crippen molar-refractivity contribution in [2.24, 2.45) is 0 Å². The lowest BCUT2D eigenvalue weighted by atomic mass is 9.94. The van der Waals surface area contributed by atoms with Gasteiger partial charge in [-0.05, 0) is 63.3 Å². The third-order valence-electron chi connectivity index (χ3n) is 6.28. The molecule has 192 valence electrons. The summed E-state index contributed by atoms with van der Waals surface area (Å²) >= 11 is 5.99. The van der Waals surface area contributed by atoms with Gasteiger partial charge in [0.15, 0.2) is 0 Å². The van der Waals surface area contributed by atoms with Crippen molar-refractivity contribution in [3.8, 4) is 5.75 Å². The molecule has 0 unspecified atom stereocenters. The number of likely N-dealkylation sites (N-methyl/N-ethyl adjacent to an activating group) is 2. The highest BCUT2D eigenvalue weighted by atomic mass is 35.5. The second-order valence-corrected chi connectivity index (χ2v) is 9.86. The number of amides is 3. The van der Waals surface area contributed by atoms with Gasteiger partial charge in [-0.2, -0.15) is 0 Å². The summed E-state index contributed by atoms with van der Waals surface area (Å²) in [7, 11) is 5.37. The first-order valence-electron chi connectivity index (χ1n) is 11.9. The standard InChI is InChI=1S/C26H31ClN4O5/c1-30(2)14-25(33)29-18-7-10-22-20(12-18)26(34)31(3)21-9-8-19(36-23(21)15-35-22)13-24(32)28-17-6-4-5-16(27)11-17/h4-7,10-12,19,21,23H,8-9,13-15H2,1-3H3,(H,28,32)(H,29,33)/t19-,21+,23-/m1/s1. The van der Waals surface area contributed by atoms with Crippen molar-refractivity contribution in [3.63, 3.8) is 0 Å². The second-order valence-electron chi connectivity index (χ2n) is 9.43. The fourth-order valence-electron chi connectivity index (χ4n) is 4.58. The van der Waals surface area contributed by atoms with E-state index in [9.17, 15) is 14.4 Å². The molecule has 0 aromatic heterocycles. The molecule has 1 saturated heterocycles. The molecule has 0 saturated carbocycles. The lowest BCUT2D eigenvalue weighted by Gasteiger charge is -2.42. The molecule has 36 heavy (non-hydrogen) atoms. The Morgan fingerprint density at radius 1 is 1.08 bits per heavy atom. The number of fused-ring (bicyclic) bond motifs is 2. The molecule has 2 aliphatic rings. The fraction of sp³-hybridized carbons (Fsp3) is 0.423. The van der Waals surface area contributed by atoms with Gasteiger partial charge in [-0.1, -0.05) is 17.7 Å². The number of nitrogens with one attached hydrogen (secondary N) is 2. The SMILES string of the molecule is CN(C)CC(=O)Nc1ccc2c(c1)C(=O)N(C)[C@H]1CC[C@H](CC(=O)Nc3cccc(Cl)c3)O[C@@H]1CO2. The summed E-state index contributed by atoms with van der Waals surface area (Å²) < 4.78 is 12.2. The molecule has 9 nitrogen and oxygen atoms in total. The zero-order chi connectivity index (χ0) is 25.8. The molecule has 0 aliphatic carbocycles. The molecule has 3 amide bonds. The van der Waals surface area contributed by atoms with Crippen LogP contribution < -0.4 is 15.4 Å². The predicted octanol–water partition coefficient (Wildman–Crippen LogP) is 3.25. The van der Waals surface area contributed by atoms with Crippen molar-refractivity contribution in [2.75, 3.05) is 44.9 Å². The topological polar surface area (TPSA) is 100 Å². The highest BCUT2D eigenvalue weighted by Crippen LogP contribution is 2.32. The molecule has 2 aromatic rings. The van der Waals surface area contributed by atoms with Gasteiger partial charge < -0.3 is 29.9 Å². The predicted molar refractivity (Wildman–Crippen MR) is 138 cm³/mol. The van der Waals surface area contributed by atoms with Gasteiger partial charge in [0.25, 0.3) is 5.91 Å². The average Bonchev–Trinajstić information content (AvgIpc) is 2.81. The lowest BCUT2D eigenvalue weighted by molar-refractivity contribution is -0.130. The molecule has 2 aliphatic heterocycles. The van der Waals surface area contributed by atoms with Crippen molar-refractivity contribution in [3.05, 3.63) is 53.1 Å². The number of carbonyl (C=O) groups is 3. The van der Waals surface area contributed by atoms with Crippen molar-refractivity contribution in [1.29, 1.82) is 0 Å². The minimum Gasteiger partial charge on any atom is -0.490 e. The maximum Gasteiger partial charge on any atom is 0.257 e. The number of nitrogens with zero attached hydrogens (tertiary/aromatic N) is 2. The van der Waals surface area contributed by atoms with E-state index in [4.69, 9.17) is 21.1 Å². The zero-order valence-corrected chi connectivity index (χ0v) is 21.4. The molecule has 4 rings (SSSR count). The van der Waals surface area contributed by atoms with E-state index < -0.39 is 0 Å². The van der Waals surface area contributed by atoms with Crippen LogP contribution >= 0.6 is 11.6 Å². The summed E-state index contributed by atoms with van der Waals surface area (Å²) in [4.78, 5) is 41.5. The molecule has 0 bridgehead atoms. The van der Waals surface area contributed by atoms with Crippen LogP contribution in [0, 0.1) is 0 Å². The van der Waals surface area contributed by atoms with E-state index in [0.29, 0.717) is 40.6 Å². The fourth-order valence-corrected chi connectivity index (χ4v) is 4.77. The van der Waals surface area contributed by atoms with Crippen LogP contribution in [-0.4, -0.2) is 80.1 Å². The van der Waals surface area contributed by atoms with Gasteiger partial charge in [-0.15, -0.1) is 0 Å². The van der Waals surface area contributed by atoms with Crippen LogP contribution in [0.1, 0.15) is 29.6 Å². The van der Waals surface area contributed by atoms with Crippen LogP contribution in [0.3, 0.4) is 0 Å². The molecular weight excluding hydrogens is 484 g/mol. The Morgan fingerprint density at radius 3 is 2.58 bits per heavy atom. The van der Waals surface area contributed by atoms with Crippen molar-refractivity contribution in [2.45, 2.75) is 37.5 Å². The zero-order valence-electron chi connectivity index (χ0n) is 20.6. The number of benzene rings is 2. The van der Waals surface area contributed by atoms with Crippen LogP contribution in [0.4, 0.5) is 11.4 Å². The van der Waals surface area contributed by atoms with E-state index in [1.807, 2.05) is 14.1 Å². The Morgan fingerprint density at radius 2 is 1.83 bits per heavy atom. The molecule has 0 radical (unpaired) electrons. The van der Waals surface area contributed by atoms with E-state index >= 15 is 0 Å². The first kappa shape index (κ1) is 25.9. The maximum atomic E-state index is 13.3. The van der Waals surface area contributed by atoms with Crippen LogP contribution in [0.25, 0.3) is 0 Å². The van der Waals surface area contributed by atoms with Gasteiger partial charge in [0.05, 0.1) is 30.7 Å². The summed E-state index contributed by atoms with van der Waals surface area (Å²) in [6.45, 7) is 0.481. The number of hydrogen-bond donors (Lipinski definition) is 2. The van der Waals surface area contributed by atoms with Crippen LogP contribution in [0.15, 0.2) is 42.5 Å². The molecule has 1 fully saturated rings. The minimum atomic E-state index is -0.371. The Kier molecular flexibility index (Phi) is 8.13. The smallest absolute Gasteiger partial charge is 0.257 e. The summed E-state index contributed by atoms with van der Waals surface area (Å²) in [6.07, 6.45) is 0.852. The third-order valence-corrected chi connectivity index (χ3v) is 6.51. The van der Waals surface area contributed by atoms with E-state index in [0.717, 1.165) is 0 Å². The van der Waals surface area contributed by atoms with E-state index in [1.54, 1.807) is 59.3 Å². The second kappa shape index (κ2) is 11.3. The Balaban J connectivity index is 1.41. The van der Waals surface area contributed by atoms with Crippen molar-refractivity contribution < 1.29 is 23.9 Å². The van der Waals surface area contributed by atoms with Gasteiger partial charge in [-0.3, -0.25) is 14.4 Å². The van der Waals surface area contributed by atoms with E-state index in [1.165, 1.54) is 0 Å². The molecule has 10 heteroatoms. The largest absolute Gasteiger partial charge is 0.490 e. The maximum absolute atomic E-state index is 13.3. The van der Waals surface area contributed by atoms with Gasteiger partial charge in [-0.25, -0.2) is 0 Å². The molecular formula is C26H31ClN4O5. The number of hydrogen-bond acceptors (Lipinski definition) is 6. The number of carbonyl (C=O) groups excluding carboxylic acids is 3. The quantitative estimate of drug-likeness (QED) is 0.614. The summed E-state index contributed by atoms with van der Waals surface area (Å²) in [5.74, 6) is -0.103. The van der Waals surface area contributed by atoms with Crippen molar-refractivity contribution >= 4 is 40.7 Å². The van der Waals surface area contributed by atoms with Gasteiger partial charge in [0.1, 0.15) is 18.5 Å². The molecule has 2 heterocycles. The summed E-state index contributed by atoms with van der Waals surface area (Å²) in [5.41, 5.74) is 1.56. The first-order valence-corrected chi connectivity index (χ1v) is 12.3. The molecule has 3 atom stereocenters. The minimum absolute atomic E-state index is 0.161. The Hall–Kier alpha value is -3.14. The number of anilines is 2. The van der Waals surface area contributed by atoms with E-state index in [2.05, 4.69) is 10.6 Å². The monoisotopic (exact) mass is 514 g/mol. The first-order chi connectivity index (χ1) is 17.2. The highest BCUT2D eigenvalue weighted by molar-refractivity contribution is 6.30. The lowest BCUT2D eigenvalue weighted by Crippen LogP contribution is -2.53. The number of ether oxygens (including phenoxy) is 2. The summed E-state index contributed by atoms with van der Waals surface area (Å²) in [6, 6.07) is 11.8. The van der Waals surface area contributed by atoms with Crippen LogP contribution in [-0.2, 0) is 14.3 Å². The Bertz CT molecular complexity index is 1140. The molecule has 2 N–H and O–H groups in total. The summed E-state index contributed by atoms with van der Waals surface area (Å²) in [5, 5.41) is 6.22. The van der Waals surface area contributed by atoms with Crippen LogP contribution in [0.2, 0.25) is 5.02 Å². The third kappa shape index (κ3) is 6.34. The van der Waals surface area contributed by atoms with Crippen LogP contribution in [0.5, 0.6) is 5.75 Å². The number of rotatable bonds is 6. The Labute approximate surface area is 215 Å². The van der Waals surface area contributed by atoms with Gasteiger partial charge >= 0.3 is 0 Å². The van der Waals surface area contributed by atoms with Gasteiger partial charge in [0.2, 0.25) is 11.8 Å². The van der Waals surface area contributed by atoms with Crippen molar-refractivity contribution in [1.82, 2.24) is 9.80 Å². The highest BCUT2D eigenvalue weighted by Gasteiger charge is 2.39. The molecule has 0 spiro atoms. The number of halogens is 1. The van der Waals surface area contributed by atoms with Gasteiger partial charge in [0, 0.05) is 23.4 Å². The van der Waals surface area contributed by atoms with E-state index in [-0.39, 0.29) is 55.5 Å². The molecule has 2 aromatic carbocycles. The average molecular weight is 515 g/mol. The normalized spacial score (nSPS) is 21.5.